The molecule has 0 aliphatic rings. The Morgan fingerprint density at radius 1 is 1.53 bits per heavy atom. The maximum Gasteiger partial charge on any atom is 0.289 e. The van der Waals surface area contributed by atoms with Gasteiger partial charge in [-0.2, -0.15) is 5.48 Å². The Balaban J connectivity index is 4.11. The predicted octanol–water partition coefficient (Wildman–Crippen LogP) is 0.395. The molecule has 0 aromatic carbocycles. The number of carbonyl (C=O) groups excluding carboxylic acids is 2. The van der Waals surface area contributed by atoms with E-state index in [-0.39, 0.29) is 6.54 Å². The number of nitrogens with one attached hydrogen (secondary N) is 2. The molecule has 0 aliphatic carbocycles. The highest BCUT2D eigenvalue weighted by Crippen LogP contribution is 2.01. The molecule has 0 rings (SSSR count). The number of rotatable bonds is 8. The third kappa shape index (κ3) is 5.29. The fourth-order valence-electron chi connectivity index (χ4n) is 1.07. The first-order chi connectivity index (χ1) is 7.17. The van der Waals surface area contributed by atoms with E-state index in [2.05, 4.69) is 11.9 Å². The Labute approximate surface area is 89.5 Å². The summed E-state index contributed by atoms with van der Waals surface area (Å²) in [7, 11) is 0. The summed E-state index contributed by atoms with van der Waals surface area (Å²) in [6.45, 7) is 5.63. The van der Waals surface area contributed by atoms with Crippen molar-refractivity contribution in [2.24, 2.45) is 0 Å². The second-order valence-corrected chi connectivity index (χ2v) is 3.19. The number of Topliss-reactive ketones (excluding diaryl/α,β-unsaturated/α-hetero) is 1. The van der Waals surface area contributed by atoms with Crippen molar-refractivity contribution in [2.45, 2.75) is 32.2 Å². The van der Waals surface area contributed by atoms with Crippen molar-refractivity contribution >= 4 is 11.7 Å². The molecule has 0 radical (unpaired) electrons. The number of amides is 1. The van der Waals surface area contributed by atoms with Crippen LogP contribution in [0.2, 0.25) is 0 Å². The first-order valence-corrected chi connectivity index (χ1v) is 4.99. The van der Waals surface area contributed by atoms with E-state index in [4.69, 9.17) is 5.21 Å². The Kier molecular flexibility index (Phi) is 7.49. The van der Waals surface area contributed by atoms with Crippen LogP contribution in [0.3, 0.4) is 0 Å². The highest BCUT2D eigenvalue weighted by molar-refractivity contribution is 6.38. The van der Waals surface area contributed by atoms with Crippen LogP contribution in [0.15, 0.2) is 12.7 Å². The van der Waals surface area contributed by atoms with E-state index in [0.717, 1.165) is 12.8 Å². The molecular weight excluding hydrogens is 196 g/mol. The van der Waals surface area contributed by atoms with Gasteiger partial charge in [0.25, 0.3) is 5.91 Å². The number of hydrogen-bond acceptors (Lipinski definition) is 4. The van der Waals surface area contributed by atoms with Crippen LogP contribution in [0.1, 0.15) is 26.2 Å². The Bertz CT molecular complexity index is 229. The number of carbonyl (C=O) groups is 2. The molecule has 1 unspecified atom stereocenters. The third-order valence-corrected chi connectivity index (χ3v) is 1.95. The van der Waals surface area contributed by atoms with Crippen molar-refractivity contribution in [3.8, 4) is 0 Å². The van der Waals surface area contributed by atoms with Crippen molar-refractivity contribution in [1.29, 1.82) is 0 Å². The lowest BCUT2D eigenvalue weighted by atomic mass is 10.1. The smallest absolute Gasteiger partial charge is 0.289 e. The van der Waals surface area contributed by atoms with Gasteiger partial charge in [-0.25, -0.2) is 0 Å². The summed E-state index contributed by atoms with van der Waals surface area (Å²) in [5.74, 6) is -1.34. The van der Waals surface area contributed by atoms with Crippen molar-refractivity contribution in [1.82, 2.24) is 10.8 Å². The summed E-state index contributed by atoms with van der Waals surface area (Å²) in [6.07, 6.45) is 3.62. The monoisotopic (exact) mass is 214 g/mol. The molecule has 0 bridgehead atoms. The first kappa shape index (κ1) is 13.8. The normalized spacial score (nSPS) is 11.9. The van der Waals surface area contributed by atoms with Gasteiger partial charge in [-0.3, -0.25) is 9.59 Å². The van der Waals surface area contributed by atoms with E-state index in [9.17, 15) is 9.59 Å². The van der Waals surface area contributed by atoms with Gasteiger partial charge in [0.15, 0.2) is 0 Å². The fourth-order valence-corrected chi connectivity index (χ4v) is 1.07. The predicted molar refractivity (Wildman–Crippen MR) is 56.4 cm³/mol. The van der Waals surface area contributed by atoms with Gasteiger partial charge in [0.2, 0.25) is 5.78 Å². The summed E-state index contributed by atoms with van der Waals surface area (Å²) >= 11 is 0. The second kappa shape index (κ2) is 8.14. The number of hydroxylamine groups is 1. The SMILES string of the molecule is C=CCNC(=O)C(=O)C(CCCC)NO. The molecule has 0 fully saturated rings. The van der Waals surface area contributed by atoms with Gasteiger partial charge in [0, 0.05) is 6.54 Å². The minimum atomic E-state index is -0.810. The molecule has 1 atom stereocenters. The molecule has 0 heterocycles. The Morgan fingerprint density at radius 2 is 2.20 bits per heavy atom. The molecular formula is C10H18N2O3. The molecule has 5 heteroatoms. The van der Waals surface area contributed by atoms with E-state index in [1.807, 2.05) is 12.4 Å². The maximum atomic E-state index is 11.4. The highest BCUT2D eigenvalue weighted by atomic mass is 16.5. The average molecular weight is 214 g/mol. The van der Waals surface area contributed by atoms with Crippen LogP contribution < -0.4 is 10.8 Å². The first-order valence-electron chi connectivity index (χ1n) is 4.99. The van der Waals surface area contributed by atoms with Crippen LogP contribution in [-0.2, 0) is 9.59 Å². The standard InChI is InChI=1S/C10H18N2O3/c1-3-5-6-8(12-15)9(13)10(14)11-7-4-2/h4,8,12,15H,2-3,5-7H2,1H3,(H,11,14). The van der Waals surface area contributed by atoms with Crippen LogP contribution in [0.4, 0.5) is 0 Å². The number of hydrogen-bond donors (Lipinski definition) is 3. The lowest BCUT2D eigenvalue weighted by molar-refractivity contribution is -0.140. The van der Waals surface area contributed by atoms with Gasteiger partial charge in [0.05, 0.1) is 0 Å². The second-order valence-electron chi connectivity index (χ2n) is 3.19. The van der Waals surface area contributed by atoms with Crippen LogP contribution >= 0.6 is 0 Å². The van der Waals surface area contributed by atoms with E-state index in [0.29, 0.717) is 6.42 Å². The van der Waals surface area contributed by atoms with Gasteiger partial charge < -0.3 is 10.5 Å². The van der Waals surface area contributed by atoms with Crippen LogP contribution in [0.5, 0.6) is 0 Å². The number of unbranched alkanes of at least 4 members (excludes halogenated alkanes) is 1. The topological polar surface area (TPSA) is 78.4 Å². The zero-order chi connectivity index (χ0) is 11.7. The molecule has 0 aromatic heterocycles. The molecule has 0 saturated heterocycles. The quantitative estimate of drug-likeness (QED) is 0.310. The third-order valence-electron chi connectivity index (χ3n) is 1.95. The van der Waals surface area contributed by atoms with E-state index < -0.39 is 17.7 Å². The highest BCUT2D eigenvalue weighted by Gasteiger charge is 2.23. The average Bonchev–Trinajstić information content (AvgIpc) is 2.26. The zero-order valence-electron chi connectivity index (χ0n) is 8.95. The Morgan fingerprint density at radius 3 is 2.67 bits per heavy atom. The van der Waals surface area contributed by atoms with Gasteiger partial charge in [-0.15, -0.1) is 6.58 Å². The van der Waals surface area contributed by atoms with E-state index in [1.165, 1.54) is 6.08 Å². The van der Waals surface area contributed by atoms with Crippen LogP contribution in [0.25, 0.3) is 0 Å². The van der Waals surface area contributed by atoms with Crippen LogP contribution in [-0.4, -0.2) is 29.5 Å². The summed E-state index contributed by atoms with van der Waals surface area (Å²) < 4.78 is 0. The lowest BCUT2D eigenvalue weighted by Crippen LogP contribution is -2.44. The van der Waals surface area contributed by atoms with Crippen molar-refractivity contribution in [2.75, 3.05) is 6.54 Å². The summed E-state index contributed by atoms with van der Waals surface area (Å²) in [5.41, 5.74) is 1.86. The summed E-state index contributed by atoms with van der Waals surface area (Å²) in [6, 6.07) is -0.810. The van der Waals surface area contributed by atoms with Gasteiger partial charge in [-0.05, 0) is 6.42 Å². The number of ketones is 1. The Hall–Kier alpha value is -1.20. The molecule has 3 N–H and O–H groups in total. The largest absolute Gasteiger partial charge is 0.346 e. The zero-order valence-corrected chi connectivity index (χ0v) is 8.95. The fraction of sp³-hybridized carbons (Fsp3) is 0.600. The van der Waals surface area contributed by atoms with E-state index in [1.54, 1.807) is 0 Å². The van der Waals surface area contributed by atoms with Gasteiger partial charge in [-0.1, -0.05) is 25.8 Å². The van der Waals surface area contributed by atoms with Crippen molar-refractivity contribution < 1.29 is 14.8 Å². The summed E-state index contributed by atoms with van der Waals surface area (Å²) in [5, 5.41) is 11.1. The van der Waals surface area contributed by atoms with Crippen LogP contribution in [0, 0.1) is 0 Å². The molecule has 0 saturated carbocycles. The minimum Gasteiger partial charge on any atom is -0.346 e. The van der Waals surface area contributed by atoms with E-state index >= 15 is 0 Å². The molecule has 0 aliphatic heterocycles. The van der Waals surface area contributed by atoms with Gasteiger partial charge in [0.1, 0.15) is 6.04 Å². The molecule has 1 amide bonds. The molecule has 0 spiro atoms. The van der Waals surface area contributed by atoms with Crippen molar-refractivity contribution in [3.05, 3.63) is 12.7 Å². The van der Waals surface area contributed by atoms with Crippen molar-refractivity contribution in [3.63, 3.8) is 0 Å². The lowest BCUT2D eigenvalue weighted by Gasteiger charge is -2.12. The molecule has 5 nitrogen and oxygen atoms in total. The van der Waals surface area contributed by atoms with Gasteiger partial charge >= 0.3 is 0 Å². The summed E-state index contributed by atoms with van der Waals surface area (Å²) in [4.78, 5) is 22.6. The molecule has 15 heavy (non-hydrogen) atoms. The minimum absolute atomic E-state index is 0.247. The molecule has 0 aromatic rings. The maximum absolute atomic E-state index is 11.4. The molecule has 86 valence electrons.